The van der Waals surface area contributed by atoms with Gasteiger partial charge in [-0.05, 0) is 30.9 Å². The lowest BCUT2D eigenvalue weighted by Crippen LogP contribution is -2.39. The first-order valence-electron chi connectivity index (χ1n) is 7.48. The van der Waals surface area contributed by atoms with Crippen LogP contribution in [0.2, 0.25) is 0 Å². The number of anilines is 1. The first kappa shape index (κ1) is 19.0. The third kappa shape index (κ3) is 6.30. The van der Waals surface area contributed by atoms with Gasteiger partial charge in [0.1, 0.15) is 0 Å². The highest BCUT2D eigenvalue weighted by atomic mass is 16.2. The number of nitrogens with one attached hydrogen (secondary N) is 1. The van der Waals surface area contributed by atoms with Gasteiger partial charge in [0.2, 0.25) is 0 Å². The number of nitrogens with zero attached hydrogens (tertiary/aromatic N) is 1. The average molecular weight is 288 g/mol. The van der Waals surface area contributed by atoms with Crippen molar-refractivity contribution in [3.8, 4) is 0 Å². The monoisotopic (exact) mass is 288 g/mol. The maximum Gasteiger partial charge on any atom is 0.321 e. The summed E-state index contributed by atoms with van der Waals surface area (Å²) in [4.78, 5) is 13.6. The normalized spacial score (nSPS) is 11.2. The predicted octanol–water partition coefficient (Wildman–Crippen LogP) is 4.55. The van der Waals surface area contributed by atoms with Crippen LogP contribution in [0.25, 0.3) is 0 Å². The first-order valence-corrected chi connectivity index (χ1v) is 7.48. The summed E-state index contributed by atoms with van der Waals surface area (Å²) < 4.78 is 0. The zero-order valence-corrected chi connectivity index (χ0v) is 13.4. The van der Waals surface area contributed by atoms with Gasteiger partial charge in [-0.3, -0.25) is 4.90 Å². The molecule has 116 valence electrons. The first-order chi connectivity index (χ1) is 10.2. The molecule has 0 aromatic heterocycles. The smallest absolute Gasteiger partial charge is 0.321 e. The molecular formula is C18H28N2O. The minimum atomic E-state index is 0.0294. The van der Waals surface area contributed by atoms with E-state index in [1.165, 1.54) is 5.56 Å². The number of hydrogen-bond acceptors (Lipinski definition) is 1. The molecule has 0 radical (unpaired) electrons. The number of amides is 2. The average Bonchev–Trinajstić information content (AvgIpc) is 2.99. The highest BCUT2D eigenvalue weighted by molar-refractivity contribution is 5.94. The second-order valence-corrected chi connectivity index (χ2v) is 4.46. The molecule has 1 heterocycles. The molecule has 2 rings (SSSR count). The van der Waals surface area contributed by atoms with E-state index in [-0.39, 0.29) is 6.03 Å². The van der Waals surface area contributed by atoms with Crippen LogP contribution < -0.4 is 10.2 Å². The fourth-order valence-corrected chi connectivity index (χ4v) is 1.88. The molecule has 1 N–H and O–H groups in total. The van der Waals surface area contributed by atoms with Gasteiger partial charge in [0.05, 0.1) is 0 Å². The van der Waals surface area contributed by atoms with E-state index < -0.39 is 0 Å². The topological polar surface area (TPSA) is 32.3 Å². The molecule has 1 aliphatic rings. The van der Waals surface area contributed by atoms with Gasteiger partial charge in [0.15, 0.2) is 0 Å². The molecular weight excluding hydrogens is 260 g/mol. The Morgan fingerprint density at radius 3 is 2.52 bits per heavy atom. The minimum Gasteiger partial charge on any atom is -0.338 e. The van der Waals surface area contributed by atoms with Crippen LogP contribution in [0.15, 0.2) is 50.1 Å². The summed E-state index contributed by atoms with van der Waals surface area (Å²) in [5.41, 5.74) is 2.33. The number of para-hydroxylation sites is 1. The van der Waals surface area contributed by atoms with Crippen LogP contribution in [0, 0.1) is 0 Å². The zero-order valence-electron chi connectivity index (χ0n) is 13.4. The lowest BCUT2D eigenvalue weighted by atomic mass is 10.2. The van der Waals surface area contributed by atoms with Crippen LogP contribution in [0.1, 0.15) is 32.3 Å². The maximum atomic E-state index is 11.8. The summed E-state index contributed by atoms with van der Waals surface area (Å²) in [5, 5.41) is 2.90. The predicted molar refractivity (Wildman–Crippen MR) is 92.9 cm³/mol. The Bertz CT molecular complexity index is 429. The van der Waals surface area contributed by atoms with Crippen molar-refractivity contribution < 1.29 is 4.79 Å². The Morgan fingerprint density at radius 2 is 1.95 bits per heavy atom. The van der Waals surface area contributed by atoms with Crippen molar-refractivity contribution in [3.63, 3.8) is 0 Å². The fraction of sp³-hybridized carbons (Fsp3) is 0.389. The van der Waals surface area contributed by atoms with Crippen molar-refractivity contribution in [1.82, 2.24) is 5.32 Å². The molecule has 3 nitrogen and oxygen atoms in total. The number of allylic oxidation sites excluding steroid dienone is 1. The third-order valence-corrected chi connectivity index (χ3v) is 2.95. The highest BCUT2D eigenvalue weighted by Gasteiger charge is 2.23. The maximum absolute atomic E-state index is 11.8. The molecule has 1 aromatic carbocycles. The number of carbonyl (C=O) groups excluding carboxylic acids is 1. The molecule has 2 amide bonds. The molecule has 21 heavy (non-hydrogen) atoms. The van der Waals surface area contributed by atoms with Crippen LogP contribution in [-0.2, 0) is 6.42 Å². The molecule has 0 saturated carbocycles. The number of urea groups is 1. The van der Waals surface area contributed by atoms with Crippen molar-refractivity contribution in [1.29, 1.82) is 0 Å². The molecule has 3 heteroatoms. The van der Waals surface area contributed by atoms with E-state index in [0.29, 0.717) is 0 Å². The highest BCUT2D eigenvalue weighted by Crippen LogP contribution is 2.27. The van der Waals surface area contributed by atoms with Gasteiger partial charge in [0.25, 0.3) is 0 Å². The summed E-state index contributed by atoms with van der Waals surface area (Å²) in [6.07, 6.45) is 4.90. The van der Waals surface area contributed by atoms with Crippen LogP contribution in [0.3, 0.4) is 0 Å². The molecule has 0 spiro atoms. The van der Waals surface area contributed by atoms with Gasteiger partial charge in [-0.2, -0.15) is 0 Å². The molecule has 0 saturated heterocycles. The number of hydrogen-bond donors (Lipinski definition) is 1. The van der Waals surface area contributed by atoms with Crippen molar-refractivity contribution in [2.45, 2.75) is 33.1 Å². The van der Waals surface area contributed by atoms with E-state index in [1.54, 1.807) is 0 Å². The van der Waals surface area contributed by atoms with Crippen molar-refractivity contribution >= 4 is 11.7 Å². The lowest BCUT2D eigenvalue weighted by molar-refractivity contribution is 0.247. The van der Waals surface area contributed by atoms with E-state index in [2.05, 4.69) is 45.0 Å². The quantitative estimate of drug-likeness (QED) is 0.813. The molecule has 0 unspecified atom stereocenters. The second-order valence-electron chi connectivity index (χ2n) is 4.46. The van der Waals surface area contributed by atoms with Crippen LogP contribution >= 0.6 is 0 Å². The SMILES string of the molecule is C=C.C=CCC.CCCNC(=O)N1CCc2ccccc21. The van der Waals surface area contributed by atoms with Crippen LogP contribution in [0.5, 0.6) is 0 Å². The molecule has 1 aliphatic heterocycles. The van der Waals surface area contributed by atoms with E-state index >= 15 is 0 Å². The third-order valence-electron chi connectivity index (χ3n) is 2.95. The van der Waals surface area contributed by atoms with E-state index in [1.807, 2.05) is 29.2 Å². The molecule has 0 atom stereocenters. The summed E-state index contributed by atoms with van der Waals surface area (Å²) in [6, 6.07) is 8.12. The number of rotatable bonds is 3. The Labute approximate surface area is 129 Å². The van der Waals surface area contributed by atoms with Crippen LogP contribution in [-0.4, -0.2) is 19.1 Å². The Morgan fingerprint density at radius 1 is 1.33 bits per heavy atom. The van der Waals surface area contributed by atoms with Gasteiger partial charge in [-0.15, -0.1) is 19.7 Å². The number of fused-ring (bicyclic) bond motifs is 1. The minimum absolute atomic E-state index is 0.0294. The zero-order chi connectivity index (χ0) is 16.1. The Balaban J connectivity index is 0.000000579. The molecule has 0 aliphatic carbocycles. The van der Waals surface area contributed by atoms with Gasteiger partial charge in [-0.25, -0.2) is 4.79 Å². The van der Waals surface area contributed by atoms with E-state index in [0.717, 1.165) is 38.0 Å². The van der Waals surface area contributed by atoms with Gasteiger partial charge in [0, 0.05) is 18.8 Å². The summed E-state index contributed by atoms with van der Waals surface area (Å²) in [6.45, 7) is 15.1. The van der Waals surface area contributed by atoms with Gasteiger partial charge >= 0.3 is 6.03 Å². The van der Waals surface area contributed by atoms with Crippen molar-refractivity contribution in [2.24, 2.45) is 0 Å². The Kier molecular flexibility index (Phi) is 10.6. The molecule has 0 bridgehead atoms. The van der Waals surface area contributed by atoms with Gasteiger partial charge < -0.3 is 5.32 Å². The summed E-state index contributed by atoms with van der Waals surface area (Å²) >= 11 is 0. The second kappa shape index (κ2) is 11.8. The van der Waals surface area contributed by atoms with E-state index in [9.17, 15) is 4.79 Å². The van der Waals surface area contributed by atoms with Crippen molar-refractivity contribution in [3.05, 3.63) is 55.6 Å². The van der Waals surface area contributed by atoms with Crippen LogP contribution in [0.4, 0.5) is 10.5 Å². The summed E-state index contributed by atoms with van der Waals surface area (Å²) in [5.74, 6) is 0. The summed E-state index contributed by atoms with van der Waals surface area (Å²) in [7, 11) is 0. The van der Waals surface area contributed by atoms with Gasteiger partial charge in [-0.1, -0.05) is 38.1 Å². The lowest BCUT2D eigenvalue weighted by Gasteiger charge is -2.17. The molecule has 0 fully saturated rings. The Hall–Kier alpha value is -2.03. The largest absolute Gasteiger partial charge is 0.338 e. The van der Waals surface area contributed by atoms with E-state index in [4.69, 9.17) is 0 Å². The fourth-order valence-electron chi connectivity index (χ4n) is 1.88. The standard InChI is InChI=1S/C12H16N2O.C4H8.C2H4/c1-2-8-13-12(15)14-9-7-10-5-3-4-6-11(10)14;1-3-4-2;1-2/h3-6H,2,7-9H2,1H3,(H,13,15);3H,1,4H2,2H3;1-2H2. The number of carbonyl (C=O) groups is 1. The number of benzene rings is 1. The molecule has 1 aromatic rings. The van der Waals surface area contributed by atoms with Crippen molar-refractivity contribution in [2.75, 3.05) is 18.0 Å².